The van der Waals surface area contributed by atoms with Crippen molar-refractivity contribution >= 4 is 27.4 Å². The van der Waals surface area contributed by atoms with Gasteiger partial charge >= 0.3 is 6.03 Å². The second-order valence-electron chi connectivity index (χ2n) is 8.32. The molecular formula is C23H28N4O6S. The molecule has 2 aromatic carbocycles. The maximum atomic E-state index is 13.2. The third kappa shape index (κ3) is 4.09. The number of carbonyl (C=O) groups excluding carboxylic acids is 1. The highest BCUT2D eigenvalue weighted by Gasteiger charge is 2.39. The molecule has 11 heteroatoms. The minimum absolute atomic E-state index is 0.0294. The number of nitrogens with one attached hydrogen (secondary N) is 1. The molecule has 10 nitrogen and oxygen atoms in total. The van der Waals surface area contributed by atoms with E-state index in [0.29, 0.717) is 31.9 Å². The molecule has 34 heavy (non-hydrogen) atoms. The maximum Gasteiger partial charge on any atom is 0.335 e. The Morgan fingerprint density at radius 2 is 1.76 bits per heavy atom. The van der Waals surface area contributed by atoms with Gasteiger partial charge in [-0.15, -0.1) is 0 Å². The predicted molar refractivity (Wildman–Crippen MR) is 127 cm³/mol. The molecule has 0 spiro atoms. The number of carbonyl (C=O) groups is 1. The number of rotatable bonds is 6. The molecule has 0 aromatic heterocycles. The molecular weight excluding hydrogens is 460 g/mol. The van der Waals surface area contributed by atoms with E-state index in [1.54, 1.807) is 13.2 Å². The zero-order valence-electron chi connectivity index (χ0n) is 19.0. The fourth-order valence-corrected chi connectivity index (χ4v) is 6.10. The van der Waals surface area contributed by atoms with Gasteiger partial charge in [0, 0.05) is 39.3 Å². The summed E-state index contributed by atoms with van der Waals surface area (Å²) in [6.45, 7) is 4.89. The number of fused-ring (bicyclic) bond motifs is 3. The fourth-order valence-electron chi connectivity index (χ4n) is 4.59. The molecule has 0 unspecified atom stereocenters. The number of amides is 2. The number of methoxy groups -OCH3 is 1. The van der Waals surface area contributed by atoms with Crippen LogP contribution in [-0.2, 0) is 10.0 Å². The van der Waals surface area contributed by atoms with Crippen molar-refractivity contribution in [3.05, 3.63) is 36.4 Å². The highest BCUT2D eigenvalue weighted by molar-refractivity contribution is 7.90. The highest BCUT2D eigenvalue weighted by Crippen LogP contribution is 2.44. The van der Waals surface area contributed by atoms with Gasteiger partial charge in [-0.1, -0.05) is 12.1 Å². The molecule has 2 aromatic rings. The van der Waals surface area contributed by atoms with E-state index in [1.165, 1.54) is 6.07 Å². The first-order valence-electron chi connectivity index (χ1n) is 11.4. The summed E-state index contributed by atoms with van der Waals surface area (Å²) < 4.78 is 43.8. The van der Waals surface area contributed by atoms with Gasteiger partial charge in [0.1, 0.15) is 29.5 Å². The zero-order valence-corrected chi connectivity index (χ0v) is 19.8. The Kier molecular flexibility index (Phi) is 6.13. The minimum Gasteiger partial charge on any atom is -0.495 e. The van der Waals surface area contributed by atoms with Crippen molar-refractivity contribution in [2.45, 2.75) is 11.3 Å². The normalized spacial score (nSPS) is 19.4. The molecule has 2 amide bonds. The van der Waals surface area contributed by atoms with Crippen molar-refractivity contribution in [3.63, 3.8) is 0 Å². The number of benzene rings is 2. The van der Waals surface area contributed by atoms with Crippen molar-refractivity contribution in [2.24, 2.45) is 0 Å². The van der Waals surface area contributed by atoms with Crippen LogP contribution >= 0.6 is 0 Å². The van der Waals surface area contributed by atoms with Crippen LogP contribution in [-0.4, -0.2) is 83.2 Å². The van der Waals surface area contributed by atoms with E-state index in [9.17, 15) is 13.2 Å². The predicted octanol–water partition coefficient (Wildman–Crippen LogP) is 2.21. The van der Waals surface area contributed by atoms with Crippen LogP contribution in [0, 0.1) is 0 Å². The summed E-state index contributed by atoms with van der Waals surface area (Å²) in [7, 11) is -2.30. The van der Waals surface area contributed by atoms with Crippen LogP contribution in [0.15, 0.2) is 41.3 Å². The van der Waals surface area contributed by atoms with Crippen molar-refractivity contribution < 1.29 is 27.4 Å². The summed E-state index contributed by atoms with van der Waals surface area (Å²) in [5.74, 6) is 1.56. The highest BCUT2D eigenvalue weighted by atomic mass is 32.2. The summed E-state index contributed by atoms with van der Waals surface area (Å²) in [4.78, 5) is 17.3. The molecule has 0 saturated carbocycles. The third-order valence-electron chi connectivity index (χ3n) is 6.33. The Morgan fingerprint density at radius 1 is 1.00 bits per heavy atom. The number of piperazine rings is 1. The van der Waals surface area contributed by atoms with E-state index in [0.717, 1.165) is 41.9 Å². The largest absolute Gasteiger partial charge is 0.495 e. The van der Waals surface area contributed by atoms with Crippen molar-refractivity contribution in [1.29, 1.82) is 0 Å². The number of hydrogen-bond acceptors (Lipinski definition) is 8. The Bertz CT molecular complexity index is 1180. The van der Waals surface area contributed by atoms with Gasteiger partial charge in [0.2, 0.25) is 0 Å². The number of nitrogens with zero attached hydrogens (tertiary/aromatic N) is 3. The molecule has 1 N–H and O–H groups in total. The number of urea groups is 1. The lowest BCUT2D eigenvalue weighted by atomic mass is 10.2. The average molecular weight is 489 g/mol. The lowest BCUT2D eigenvalue weighted by Crippen LogP contribution is -2.48. The zero-order chi connectivity index (χ0) is 23.7. The topological polar surface area (TPSA) is 101 Å². The van der Waals surface area contributed by atoms with Crippen LogP contribution in [0.5, 0.6) is 17.2 Å². The van der Waals surface area contributed by atoms with E-state index in [4.69, 9.17) is 14.2 Å². The minimum atomic E-state index is -3.98. The molecule has 3 aliphatic heterocycles. The van der Waals surface area contributed by atoms with Gasteiger partial charge in [0.05, 0.1) is 12.8 Å². The van der Waals surface area contributed by atoms with Crippen LogP contribution in [0.2, 0.25) is 0 Å². The maximum absolute atomic E-state index is 13.2. The SMILES string of the molecule is COc1ccccc1N1CCN(CCCN2C(=O)Nc3c(ccc4c3OCCO4)S2(=O)=O)CC1. The van der Waals surface area contributed by atoms with Crippen molar-refractivity contribution in [3.8, 4) is 17.2 Å². The molecule has 3 aliphatic rings. The first-order valence-corrected chi connectivity index (χ1v) is 12.8. The number of para-hydroxylation sites is 2. The number of ether oxygens (including phenoxy) is 3. The first kappa shape index (κ1) is 22.6. The smallest absolute Gasteiger partial charge is 0.335 e. The second kappa shape index (κ2) is 9.22. The Morgan fingerprint density at radius 3 is 2.56 bits per heavy atom. The summed E-state index contributed by atoms with van der Waals surface area (Å²) in [6.07, 6.45) is 0.543. The van der Waals surface area contributed by atoms with Crippen LogP contribution in [0.3, 0.4) is 0 Å². The summed E-state index contributed by atoms with van der Waals surface area (Å²) in [6, 6.07) is 10.3. The average Bonchev–Trinajstić information content (AvgIpc) is 2.86. The molecule has 0 radical (unpaired) electrons. The van der Waals surface area contributed by atoms with E-state index < -0.39 is 16.1 Å². The Hall–Kier alpha value is -3.18. The van der Waals surface area contributed by atoms with Crippen molar-refractivity contribution in [2.75, 3.05) is 69.8 Å². The van der Waals surface area contributed by atoms with Crippen LogP contribution < -0.4 is 24.4 Å². The van der Waals surface area contributed by atoms with Gasteiger partial charge in [-0.3, -0.25) is 4.90 Å². The quantitative estimate of drug-likeness (QED) is 0.661. The molecule has 1 fully saturated rings. The van der Waals surface area contributed by atoms with Gasteiger partial charge < -0.3 is 24.4 Å². The Labute approximate surface area is 199 Å². The van der Waals surface area contributed by atoms with E-state index >= 15 is 0 Å². The fraction of sp³-hybridized carbons (Fsp3) is 0.435. The molecule has 0 atom stereocenters. The number of sulfonamides is 1. The molecule has 3 heterocycles. The molecule has 5 rings (SSSR count). The molecule has 0 aliphatic carbocycles. The summed E-state index contributed by atoms with van der Waals surface area (Å²) >= 11 is 0. The van der Waals surface area contributed by atoms with E-state index in [1.807, 2.05) is 18.2 Å². The molecule has 1 saturated heterocycles. The summed E-state index contributed by atoms with van der Waals surface area (Å²) in [5, 5.41) is 2.69. The van der Waals surface area contributed by atoms with Gasteiger partial charge in [0.15, 0.2) is 11.5 Å². The molecule has 0 bridgehead atoms. The van der Waals surface area contributed by atoms with Gasteiger partial charge in [-0.05, 0) is 30.7 Å². The monoisotopic (exact) mass is 488 g/mol. The van der Waals surface area contributed by atoms with Gasteiger partial charge in [0.25, 0.3) is 10.0 Å². The van der Waals surface area contributed by atoms with Gasteiger partial charge in [-0.25, -0.2) is 17.5 Å². The number of anilines is 2. The lowest BCUT2D eigenvalue weighted by molar-refractivity contribution is 0.171. The summed E-state index contributed by atoms with van der Waals surface area (Å²) in [5.41, 5.74) is 1.24. The lowest BCUT2D eigenvalue weighted by Gasteiger charge is -2.37. The standard InChI is InChI=1S/C23H28N4O6S/c1-31-18-6-3-2-5-17(18)26-13-11-25(12-14-26)9-4-10-27-23(28)24-21-20(34(27,29)30)8-7-19-22(21)33-16-15-32-19/h2-3,5-8H,4,9-16H2,1H3,(H,24,28). The van der Waals surface area contributed by atoms with Gasteiger partial charge in [-0.2, -0.15) is 0 Å². The van der Waals surface area contributed by atoms with Crippen LogP contribution in [0.25, 0.3) is 0 Å². The van der Waals surface area contributed by atoms with Crippen LogP contribution in [0.1, 0.15) is 6.42 Å². The number of hydrogen-bond donors (Lipinski definition) is 1. The first-order chi connectivity index (χ1) is 16.5. The third-order valence-corrected chi connectivity index (χ3v) is 8.16. The van der Waals surface area contributed by atoms with E-state index in [2.05, 4.69) is 21.2 Å². The van der Waals surface area contributed by atoms with Crippen LogP contribution in [0.4, 0.5) is 16.2 Å². The second-order valence-corrected chi connectivity index (χ2v) is 10.2. The molecule has 182 valence electrons. The van der Waals surface area contributed by atoms with Crippen molar-refractivity contribution in [1.82, 2.24) is 9.21 Å². The Balaban J connectivity index is 1.19. The van der Waals surface area contributed by atoms with E-state index in [-0.39, 0.29) is 22.9 Å².